The summed E-state index contributed by atoms with van der Waals surface area (Å²) in [7, 11) is 0. The van der Waals surface area contributed by atoms with Gasteiger partial charge in [-0.3, -0.25) is 4.79 Å². The molecule has 7 heteroatoms. The van der Waals surface area contributed by atoms with Gasteiger partial charge in [0.05, 0.1) is 5.69 Å². The number of benzene rings is 1. The second kappa shape index (κ2) is 7.73. The van der Waals surface area contributed by atoms with Crippen LogP contribution in [0.4, 0.5) is 9.52 Å². The Morgan fingerprint density at radius 3 is 2.64 bits per heavy atom. The van der Waals surface area contributed by atoms with Crippen molar-refractivity contribution in [1.29, 1.82) is 0 Å². The largest absolute Gasteiger partial charge is 0.317 e. The summed E-state index contributed by atoms with van der Waals surface area (Å²) in [4.78, 5) is 18.7. The van der Waals surface area contributed by atoms with Crippen molar-refractivity contribution >= 4 is 34.8 Å². The van der Waals surface area contributed by atoms with Gasteiger partial charge < -0.3 is 10.6 Å². The van der Waals surface area contributed by atoms with Crippen molar-refractivity contribution in [2.24, 2.45) is 11.3 Å². The minimum absolute atomic E-state index is 0. The van der Waals surface area contributed by atoms with E-state index in [1.54, 1.807) is 11.3 Å². The Labute approximate surface area is 174 Å². The third kappa shape index (κ3) is 3.95. The van der Waals surface area contributed by atoms with E-state index in [0.717, 1.165) is 55.2 Å². The Hall–Kier alpha value is -1.50. The number of amides is 1. The number of anilines is 1. The molecule has 2 saturated carbocycles. The van der Waals surface area contributed by atoms with E-state index in [4.69, 9.17) is 4.98 Å². The lowest BCUT2D eigenvalue weighted by Crippen LogP contribution is -2.31. The predicted octanol–water partition coefficient (Wildman–Crippen LogP) is 4.50. The highest BCUT2D eigenvalue weighted by atomic mass is 35.5. The van der Waals surface area contributed by atoms with Gasteiger partial charge in [-0.05, 0) is 68.3 Å². The lowest BCUT2D eigenvalue weighted by molar-refractivity contribution is -0.118. The second-order valence-corrected chi connectivity index (χ2v) is 9.35. The first-order valence-corrected chi connectivity index (χ1v) is 10.7. The smallest absolute Gasteiger partial charge is 0.229 e. The maximum Gasteiger partial charge on any atom is 0.229 e. The highest BCUT2D eigenvalue weighted by Crippen LogP contribution is 2.59. The monoisotopic (exact) mass is 421 g/mol. The summed E-state index contributed by atoms with van der Waals surface area (Å²) in [6.07, 6.45) is 6.32. The molecule has 2 N–H and O–H groups in total. The summed E-state index contributed by atoms with van der Waals surface area (Å²) < 4.78 is 13.2. The fourth-order valence-electron chi connectivity index (χ4n) is 4.40. The van der Waals surface area contributed by atoms with Gasteiger partial charge in [0.15, 0.2) is 5.13 Å². The number of hydrogen-bond acceptors (Lipinski definition) is 4. The van der Waals surface area contributed by atoms with Crippen molar-refractivity contribution < 1.29 is 9.18 Å². The third-order valence-corrected chi connectivity index (χ3v) is 7.29. The first kappa shape index (κ1) is 19.8. The van der Waals surface area contributed by atoms with Crippen molar-refractivity contribution in [3.63, 3.8) is 0 Å². The quantitative estimate of drug-likeness (QED) is 0.747. The van der Waals surface area contributed by atoms with Gasteiger partial charge in [0.25, 0.3) is 0 Å². The fraction of sp³-hybridized carbons (Fsp3) is 0.524. The molecular formula is C21H25ClFN3OS. The molecule has 2 aliphatic carbocycles. The minimum atomic E-state index is -0.213. The van der Waals surface area contributed by atoms with Crippen LogP contribution in [0.5, 0.6) is 0 Å². The number of aromatic nitrogens is 1. The highest BCUT2D eigenvalue weighted by Gasteiger charge is 2.57. The van der Waals surface area contributed by atoms with Gasteiger partial charge in [-0.15, -0.1) is 23.7 Å². The predicted molar refractivity (Wildman–Crippen MR) is 112 cm³/mol. The van der Waals surface area contributed by atoms with Crippen molar-refractivity contribution in [2.45, 2.75) is 44.4 Å². The van der Waals surface area contributed by atoms with Crippen LogP contribution in [-0.2, 0) is 11.2 Å². The van der Waals surface area contributed by atoms with Gasteiger partial charge in [0.2, 0.25) is 5.91 Å². The second-order valence-electron chi connectivity index (χ2n) is 8.26. The van der Waals surface area contributed by atoms with Crippen molar-refractivity contribution in [2.75, 3.05) is 18.4 Å². The highest BCUT2D eigenvalue weighted by molar-refractivity contribution is 7.15. The number of nitrogens with one attached hydrogen (secondary N) is 2. The van der Waals surface area contributed by atoms with Crippen LogP contribution in [0.1, 0.15) is 54.2 Å². The molecule has 28 heavy (non-hydrogen) atoms. The molecule has 4 nitrogen and oxygen atoms in total. The summed E-state index contributed by atoms with van der Waals surface area (Å²) in [5, 5.41) is 7.21. The maximum absolute atomic E-state index is 13.2. The number of carbonyl (C=O) groups is 1. The molecule has 3 aliphatic rings. The molecule has 1 aromatic heterocycles. The average molecular weight is 422 g/mol. The van der Waals surface area contributed by atoms with E-state index in [-0.39, 0.29) is 35.5 Å². The number of piperidine rings is 1. The molecule has 1 saturated heterocycles. The first-order chi connectivity index (χ1) is 13.1. The molecule has 3 fully saturated rings. The lowest BCUT2D eigenvalue weighted by atomic mass is 9.92. The van der Waals surface area contributed by atoms with Crippen LogP contribution in [0.25, 0.3) is 0 Å². The molecule has 150 valence electrons. The van der Waals surface area contributed by atoms with Gasteiger partial charge in [-0.25, -0.2) is 9.37 Å². The summed E-state index contributed by atoms with van der Waals surface area (Å²) >= 11 is 1.59. The van der Waals surface area contributed by atoms with E-state index >= 15 is 0 Å². The number of rotatable bonds is 5. The van der Waals surface area contributed by atoms with Crippen molar-refractivity contribution in [3.8, 4) is 0 Å². The minimum Gasteiger partial charge on any atom is -0.317 e. The number of halogens is 2. The van der Waals surface area contributed by atoms with E-state index in [1.165, 1.54) is 29.9 Å². The molecule has 1 aromatic carbocycles. The van der Waals surface area contributed by atoms with E-state index in [2.05, 4.69) is 10.6 Å². The maximum atomic E-state index is 13.2. The summed E-state index contributed by atoms with van der Waals surface area (Å²) in [6, 6.07) is 6.66. The van der Waals surface area contributed by atoms with Crippen LogP contribution in [0.2, 0.25) is 0 Å². The van der Waals surface area contributed by atoms with Crippen LogP contribution in [-0.4, -0.2) is 24.0 Å². The normalized spacial score (nSPS) is 22.5. The van der Waals surface area contributed by atoms with Gasteiger partial charge in [0.1, 0.15) is 5.82 Å². The Bertz CT molecular complexity index is 859. The SMILES string of the molecule is Cl.O=C(Nc1nc(C2CC2)c(Cc2ccc(F)cc2)s1)C1CC12CCNCC2. The van der Waals surface area contributed by atoms with Crippen LogP contribution >= 0.6 is 23.7 Å². The van der Waals surface area contributed by atoms with E-state index < -0.39 is 0 Å². The number of carbonyl (C=O) groups excluding carboxylic acids is 1. The van der Waals surface area contributed by atoms with Crippen LogP contribution in [0.3, 0.4) is 0 Å². The Balaban J connectivity index is 0.00000192. The molecule has 1 atom stereocenters. The van der Waals surface area contributed by atoms with Crippen LogP contribution in [0.15, 0.2) is 24.3 Å². The fourth-order valence-corrected chi connectivity index (χ4v) is 5.48. The molecule has 1 aliphatic heterocycles. The summed E-state index contributed by atoms with van der Waals surface area (Å²) in [6.45, 7) is 2.04. The molecule has 2 aromatic rings. The molecule has 5 rings (SSSR count). The Morgan fingerprint density at radius 1 is 1.25 bits per heavy atom. The summed E-state index contributed by atoms with van der Waals surface area (Å²) in [5.74, 6) is 0.600. The molecule has 0 radical (unpaired) electrons. The topological polar surface area (TPSA) is 54.0 Å². The van der Waals surface area contributed by atoms with Gasteiger partial charge in [-0.1, -0.05) is 12.1 Å². The van der Waals surface area contributed by atoms with Gasteiger partial charge in [0, 0.05) is 23.1 Å². The zero-order valence-corrected chi connectivity index (χ0v) is 17.3. The number of nitrogens with zero attached hydrogens (tertiary/aromatic N) is 1. The van der Waals surface area contributed by atoms with E-state index in [9.17, 15) is 9.18 Å². The lowest BCUT2D eigenvalue weighted by Gasteiger charge is -2.22. The zero-order valence-electron chi connectivity index (χ0n) is 15.7. The molecule has 1 spiro atoms. The first-order valence-electron chi connectivity index (χ1n) is 9.89. The van der Waals surface area contributed by atoms with E-state index in [1.807, 2.05) is 12.1 Å². The molecule has 1 amide bonds. The average Bonchev–Trinajstić information content (AvgIpc) is 3.58. The zero-order chi connectivity index (χ0) is 18.4. The summed E-state index contributed by atoms with van der Waals surface area (Å²) in [5.41, 5.74) is 2.45. The molecule has 1 unspecified atom stereocenters. The Kier molecular flexibility index (Phi) is 5.47. The molecule has 0 bridgehead atoms. The van der Waals surface area contributed by atoms with Gasteiger partial charge >= 0.3 is 0 Å². The molecular weight excluding hydrogens is 397 g/mol. The third-order valence-electron chi connectivity index (χ3n) is 6.31. The number of thiazole rings is 1. The van der Waals surface area contributed by atoms with Crippen LogP contribution in [0, 0.1) is 17.2 Å². The van der Waals surface area contributed by atoms with Crippen LogP contribution < -0.4 is 10.6 Å². The van der Waals surface area contributed by atoms with E-state index in [0.29, 0.717) is 5.92 Å². The molecule has 2 heterocycles. The standard InChI is InChI=1S/C21H24FN3OS.ClH/c22-15-5-1-13(2-6-15)11-17-18(14-3-4-14)24-20(27-17)25-19(26)16-12-21(16)7-9-23-10-8-21;/h1-2,5-6,14,16,23H,3-4,7-12H2,(H,24,25,26);1H. The number of hydrogen-bond donors (Lipinski definition) is 2. The van der Waals surface area contributed by atoms with Crippen molar-refractivity contribution in [1.82, 2.24) is 10.3 Å². The van der Waals surface area contributed by atoms with Crippen molar-refractivity contribution in [3.05, 3.63) is 46.2 Å². The Morgan fingerprint density at radius 2 is 1.96 bits per heavy atom. The van der Waals surface area contributed by atoms with Gasteiger partial charge in [-0.2, -0.15) is 0 Å².